The average Bonchev–Trinajstić information content (AvgIpc) is 2.11. The molecule has 3 nitrogen and oxygen atoms in total. The Morgan fingerprint density at radius 3 is 2.60 bits per heavy atom. The first-order valence-corrected chi connectivity index (χ1v) is 4.79. The Bertz CT molecular complexity index is 392. The van der Waals surface area contributed by atoms with Crippen LogP contribution < -0.4 is 4.74 Å². The third kappa shape index (κ3) is 3.05. The summed E-state index contributed by atoms with van der Waals surface area (Å²) in [6.45, 7) is 1.42. The molecule has 15 heavy (non-hydrogen) atoms. The molecule has 0 aliphatic heterocycles. The highest BCUT2D eigenvalue weighted by Crippen LogP contribution is 2.31. The molecular formula is C8H5F3INO2. The lowest BCUT2D eigenvalue weighted by Gasteiger charge is -2.13. The minimum absolute atomic E-state index is 0.0555. The molecule has 1 aromatic heterocycles. The van der Waals surface area contributed by atoms with E-state index in [4.69, 9.17) is 0 Å². The Balaban J connectivity index is 3.21. The smallest absolute Gasteiger partial charge is 0.404 e. The van der Waals surface area contributed by atoms with Gasteiger partial charge in [-0.1, -0.05) is 0 Å². The van der Waals surface area contributed by atoms with Crippen LogP contribution in [0.3, 0.4) is 0 Å². The Hall–Kier alpha value is -0.860. The van der Waals surface area contributed by atoms with Gasteiger partial charge in [-0.3, -0.25) is 9.78 Å². The molecule has 0 aromatic carbocycles. The maximum absolute atomic E-state index is 12.0. The SMILES string of the molecule is Cc1cnc(C=O)c(I)c1OC(F)(F)F. The molecule has 0 radical (unpaired) electrons. The summed E-state index contributed by atoms with van der Waals surface area (Å²) in [5, 5.41) is 0. The average molecular weight is 331 g/mol. The quantitative estimate of drug-likeness (QED) is 0.618. The van der Waals surface area contributed by atoms with E-state index in [1.165, 1.54) is 6.92 Å². The van der Waals surface area contributed by atoms with E-state index in [1.54, 1.807) is 22.6 Å². The van der Waals surface area contributed by atoms with Gasteiger partial charge in [0, 0.05) is 11.8 Å². The number of rotatable bonds is 2. The van der Waals surface area contributed by atoms with Crippen molar-refractivity contribution in [3.8, 4) is 5.75 Å². The van der Waals surface area contributed by atoms with E-state index in [0.29, 0.717) is 6.29 Å². The summed E-state index contributed by atoms with van der Waals surface area (Å²) in [6, 6.07) is 0. The van der Waals surface area contributed by atoms with Crippen molar-refractivity contribution in [2.75, 3.05) is 0 Å². The topological polar surface area (TPSA) is 39.2 Å². The van der Waals surface area contributed by atoms with Crippen molar-refractivity contribution in [3.63, 3.8) is 0 Å². The molecule has 0 saturated carbocycles. The lowest BCUT2D eigenvalue weighted by Crippen LogP contribution is -2.19. The Morgan fingerprint density at radius 1 is 1.53 bits per heavy atom. The second kappa shape index (κ2) is 4.33. The number of hydrogen-bond donors (Lipinski definition) is 0. The van der Waals surface area contributed by atoms with Gasteiger partial charge in [-0.2, -0.15) is 0 Å². The lowest BCUT2D eigenvalue weighted by atomic mass is 10.2. The van der Waals surface area contributed by atoms with E-state index in [2.05, 4.69) is 9.72 Å². The maximum atomic E-state index is 12.0. The van der Waals surface area contributed by atoms with E-state index >= 15 is 0 Å². The van der Waals surface area contributed by atoms with Gasteiger partial charge in [0.15, 0.2) is 6.29 Å². The van der Waals surface area contributed by atoms with Gasteiger partial charge in [-0.25, -0.2) is 0 Å². The summed E-state index contributed by atoms with van der Waals surface area (Å²) in [7, 11) is 0. The van der Waals surface area contributed by atoms with Crippen LogP contribution in [0.4, 0.5) is 13.2 Å². The number of aldehydes is 1. The van der Waals surface area contributed by atoms with Crippen LogP contribution in [-0.2, 0) is 0 Å². The van der Waals surface area contributed by atoms with Crippen molar-refractivity contribution in [3.05, 3.63) is 21.0 Å². The molecule has 0 amide bonds. The van der Waals surface area contributed by atoms with Crippen LogP contribution >= 0.6 is 22.6 Å². The van der Waals surface area contributed by atoms with E-state index in [0.717, 1.165) is 6.20 Å². The number of nitrogens with zero attached hydrogens (tertiary/aromatic N) is 1. The van der Waals surface area contributed by atoms with Gasteiger partial charge in [0.05, 0.1) is 3.57 Å². The monoisotopic (exact) mass is 331 g/mol. The number of halogens is 4. The number of hydrogen-bond acceptors (Lipinski definition) is 3. The van der Waals surface area contributed by atoms with Crippen molar-refractivity contribution >= 4 is 28.9 Å². The van der Waals surface area contributed by atoms with Crippen molar-refractivity contribution in [2.45, 2.75) is 13.3 Å². The molecule has 0 atom stereocenters. The second-order valence-corrected chi connectivity index (χ2v) is 3.71. The number of pyridine rings is 1. The van der Waals surface area contributed by atoms with Crippen LogP contribution in [0.1, 0.15) is 16.1 Å². The molecule has 0 unspecified atom stereocenters. The predicted molar refractivity (Wildman–Crippen MR) is 53.8 cm³/mol. The van der Waals surface area contributed by atoms with Crippen molar-refractivity contribution in [1.82, 2.24) is 4.98 Å². The largest absolute Gasteiger partial charge is 0.573 e. The van der Waals surface area contributed by atoms with Crippen molar-refractivity contribution < 1.29 is 22.7 Å². The fraction of sp³-hybridized carbons (Fsp3) is 0.250. The van der Waals surface area contributed by atoms with E-state index in [1.807, 2.05) is 0 Å². The summed E-state index contributed by atoms with van der Waals surface area (Å²) in [5.41, 5.74) is 0.155. The Labute approximate surface area is 96.8 Å². The third-order valence-corrected chi connectivity index (χ3v) is 2.55. The first kappa shape index (κ1) is 12.2. The summed E-state index contributed by atoms with van der Waals surface area (Å²) in [5.74, 6) is -0.375. The molecule has 1 heterocycles. The number of carbonyl (C=O) groups excluding carboxylic acids is 1. The Morgan fingerprint density at radius 2 is 2.13 bits per heavy atom. The molecule has 0 aliphatic rings. The first-order chi connectivity index (χ1) is 6.85. The lowest BCUT2D eigenvalue weighted by molar-refractivity contribution is -0.275. The van der Waals surface area contributed by atoms with Gasteiger partial charge in [0.25, 0.3) is 0 Å². The van der Waals surface area contributed by atoms with Gasteiger partial charge >= 0.3 is 6.36 Å². The zero-order valence-electron chi connectivity index (χ0n) is 7.43. The molecule has 82 valence electrons. The second-order valence-electron chi connectivity index (χ2n) is 2.64. The number of carbonyl (C=O) groups is 1. The van der Waals surface area contributed by atoms with Gasteiger partial charge < -0.3 is 4.74 Å². The number of aromatic nitrogens is 1. The zero-order chi connectivity index (χ0) is 11.6. The summed E-state index contributed by atoms with van der Waals surface area (Å²) in [6.07, 6.45) is -3.23. The van der Waals surface area contributed by atoms with Crippen LogP contribution in [0.5, 0.6) is 5.75 Å². The molecule has 0 N–H and O–H groups in total. The molecule has 1 rings (SSSR count). The molecular weight excluding hydrogens is 326 g/mol. The molecule has 0 fully saturated rings. The maximum Gasteiger partial charge on any atom is 0.573 e. The predicted octanol–water partition coefficient (Wildman–Crippen LogP) is 2.71. The number of alkyl halides is 3. The standard InChI is InChI=1S/C8H5F3INO2/c1-4-2-13-5(3-14)6(12)7(4)15-8(9,10)11/h2-3H,1H3. The number of aryl methyl sites for hydroxylation is 1. The fourth-order valence-electron chi connectivity index (χ4n) is 0.894. The van der Waals surface area contributed by atoms with Crippen LogP contribution in [0.15, 0.2) is 6.20 Å². The highest BCUT2D eigenvalue weighted by molar-refractivity contribution is 14.1. The van der Waals surface area contributed by atoms with Crippen molar-refractivity contribution in [1.29, 1.82) is 0 Å². The minimum Gasteiger partial charge on any atom is -0.404 e. The van der Waals surface area contributed by atoms with Crippen LogP contribution in [-0.4, -0.2) is 17.6 Å². The highest BCUT2D eigenvalue weighted by atomic mass is 127. The zero-order valence-corrected chi connectivity index (χ0v) is 9.59. The Kier molecular flexibility index (Phi) is 3.53. The molecule has 0 aliphatic carbocycles. The molecule has 0 spiro atoms. The molecule has 7 heteroatoms. The fourth-order valence-corrected chi connectivity index (χ4v) is 1.70. The van der Waals surface area contributed by atoms with E-state index < -0.39 is 6.36 Å². The molecule has 1 aromatic rings. The summed E-state index contributed by atoms with van der Waals surface area (Å²) in [4.78, 5) is 14.1. The van der Waals surface area contributed by atoms with Gasteiger partial charge in [0.2, 0.25) is 0 Å². The molecule has 0 saturated heterocycles. The van der Waals surface area contributed by atoms with E-state index in [-0.39, 0.29) is 20.6 Å². The summed E-state index contributed by atoms with van der Waals surface area (Å²) >= 11 is 1.59. The van der Waals surface area contributed by atoms with Gasteiger partial charge in [0.1, 0.15) is 11.4 Å². The van der Waals surface area contributed by atoms with Gasteiger partial charge in [-0.15, -0.1) is 13.2 Å². The van der Waals surface area contributed by atoms with Crippen LogP contribution in [0.25, 0.3) is 0 Å². The highest BCUT2D eigenvalue weighted by Gasteiger charge is 2.33. The third-order valence-electron chi connectivity index (χ3n) is 1.51. The van der Waals surface area contributed by atoms with Gasteiger partial charge in [-0.05, 0) is 29.5 Å². The summed E-state index contributed by atoms with van der Waals surface area (Å²) < 4.78 is 39.9. The van der Waals surface area contributed by atoms with E-state index in [9.17, 15) is 18.0 Å². The first-order valence-electron chi connectivity index (χ1n) is 3.71. The van der Waals surface area contributed by atoms with Crippen molar-refractivity contribution in [2.24, 2.45) is 0 Å². The molecule has 0 bridgehead atoms. The minimum atomic E-state index is -4.77. The van der Waals surface area contributed by atoms with Crippen LogP contribution in [0, 0.1) is 10.5 Å². The van der Waals surface area contributed by atoms with Crippen LogP contribution in [0.2, 0.25) is 0 Å². The normalized spacial score (nSPS) is 11.3. The number of ether oxygens (including phenoxy) is 1.